The van der Waals surface area contributed by atoms with Crippen molar-refractivity contribution in [1.29, 1.82) is 0 Å². The summed E-state index contributed by atoms with van der Waals surface area (Å²) in [4.78, 5) is 4.61. The highest BCUT2D eigenvalue weighted by Crippen LogP contribution is 2.13. The van der Waals surface area contributed by atoms with Crippen molar-refractivity contribution in [3.8, 4) is 0 Å². The van der Waals surface area contributed by atoms with Gasteiger partial charge in [0.25, 0.3) is 0 Å². The van der Waals surface area contributed by atoms with Crippen molar-refractivity contribution >= 4 is 11.6 Å². The average Bonchev–Trinajstić information content (AvgIpc) is 2.96. The molecule has 0 spiro atoms. The van der Waals surface area contributed by atoms with Crippen LogP contribution in [0.5, 0.6) is 0 Å². The molecule has 2 aromatic rings. The summed E-state index contributed by atoms with van der Waals surface area (Å²) in [5, 5.41) is 3.37. The molecule has 1 heterocycles. The van der Waals surface area contributed by atoms with E-state index in [0.717, 1.165) is 23.7 Å². The van der Waals surface area contributed by atoms with E-state index in [4.69, 9.17) is 4.74 Å². The summed E-state index contributed by atoms with van der Waals surface area (Å²) in [5.74, 6) is 0.750. The van der Waals surface area contributed by atoms with Crippen molar-refractivity contribution in [3.63, 3.8) is 0 Å². The fourth-order valence-corrected chi connectivity index (χ4v) is 2.05. The molecule has 3 nitrogen and oxygen atoms in total. The fourth-order valence-electron chi connectivity index (χ4n) is 2.05. The maximum absolute atomic E-state index is 5.65. The summed E-state index contributed by atoms with van der Waals surface area (Å²) >= 11 is 0. The first kappa shape index (κ1) is 11.8. The van der Waals surface area contributed by atoms with E-state index in [0.29, 0.717) is 6.61 Å². The van der Waals surface area contributed by atoms with E-state index < -0.39 is 0 Å². The van der Waals surface area contributed by atoms with Crippen LogP contribution in [0.25, 0.3) is 0 Å². The van der Waals surface area contributed by atoms with Gasteiger partial charge in [0.1, 0.15) is 12.6 Å². The van der Waals surface area contributed by atoms with Gasteiger partial charge in [0.15, 0.2) is 0 Å². The van der Waals surface area contributed by atoms with Crippen LogP contribution in [0, 0.1) is 0 Å². The molecule has 0 aromatic heterocycles. The zero-order valence-corrected chi connectivity index (χ0v) is 10.6. The van der Waals surface area contributed by atoms with Gasteiger partial charge in [-0.3, -0.25) is 0 Å². The molecule has 3 rings (SSSR count). The van der Waals surface area contributed by atoms with Gasteiger partial charge in [-0.25, -0.2) is 4.99 Å². The first-order valence-electron chi connectivity index (χ1n) is 6.47. The lowest BCUT2D eigenvalue weighted by molar-refractivity contribution is 0.321. The summed E-state index contributed by atoms with van der Waals surface area (Å²) in [5.41, 5.74) is 2.16. The van der Waals surface area contributed by atoms with E-state index in [2.05, 4.69) is 22.4 Å². The topological polar surface area (TPSA) is 33.6 Å². The van der Waals surface area contributed by atoms with Gasteiger partial charge in [0.2, 0.25) is 5.90 Å². The van der Waals surface area contributed by atoms with Crippen molar-refractivity contribution in [2.75, 3.05) is 18.5 Å². The lowest BCUT2D eigenvalue weighted by Gasteiger charge is -2.08. The molecule has 0 aliphatic carbocycles. The number of anilines is 1. The molecule has 0 saturated heterocycles. The summed E-state index contributed by atoms with van der Waals surface area (Å²) < 4.78 is 5.65. The predicted octanol–water partition coefficient (Wildman–Crippen LogP) is 2.94. The third-order valence-corrected chi connectivity index (χ3v) is 3.05. The molecule has 0 amide bonds. The van der Waals surface area contributed by atoms with Crippen molar-refractivity contribution in [3.05, 3.63) is 66.2 Å². The Morgan fingerprint density at radius 1 is 1.00 bits per heavy atom. The Balaban J connectivity index is 1.61. The number of hydrogen-bond acceptors (Lipinski definition) is 3. The van der Waals surface area contributed by atoms with Crippen LogP contribution in [-0.4, -0.2) is 25.1 Å². The molecular weight excluding hydrogens is 236 g/mol. The van der Waals surface area contributed by atoms with Crippen LogP contribution in [0.15, 0.2) is 65.7 Å². The molecule has 19 heavy (non-hydrogen) atoms. The van der Waals surface area contributed by atoms with Crippen LogP contribution < -0.4 is 5.32 Å². The molecule has 0 fully saturated rings. The van der Waals surface area contributed by atoms with E-state index in [-0.39, 0.29) is 6.04 Å². The third kappa shape index (κ3) is 2.94. The molecule has 3 heteroatoms. The fraction of sp³-hybridized carbons (Fsp3) is 0.188. The number of aliphatic imine (C=N–C) groups is 1. The second kappa shape index (κ2) is 5.57. The second-order valence-electron chi connectivity index (χ2n) is 4.51. The highest BCUT2D eigenvalue weighted by atomic mass is 16.5. The zero-order valence-electron chi connectivity index (χ0n) is 10.6. The molecule has 2 aromatic carbocycles. The van der Waals surface area contributed by atoms with Crippen molar-refractivity contribution < 1.29 is 4.74 Å². The lowest BCUT2D eigenvalue weighted by Crippen LogP contribution is -2.18. The SMILES string of the molecule is c1ccc(NC[C@@H]2COC(c3ccccc3)=N2)cc1. The number of rotatable bonds is 4. The Hall–Kier alpha value is -2.29. The van der Waals surface area contributed by atoms with E-state index in [1.54, 1.807) is 0 Å². The molecule has 0 unspecified atom stereocenters. The Bertz CT molecular complexity index is 551. The Morgan fingerprint density at radius 3 is 2.42 bits per heavy atom. The summed E-state index contributed by atoms with van der Waals surface area (Å²) in [6.07, 6.45) is 0. The highest BCUT2D eigenvalue weighted by molar-refractivity contribution is 5.95. The van der Waals surface area contributed by atoms with Crippen molar-refractivity contribution in [1.82, 2.24) is 0 Å². The number of ether oxygens (including phenoxy) is 1. The van der Waals surface area contributed by atoms with Crippen LogP contribution in [0.3, 0.4) is 0 Å². The number of nitrogens with one attached hydrogen (secondary N) is 1. The maximum Gasteiger partial charge on any atom is 0.216 e. The van der Waals surface area contributed by atoms with Crippen LogP contribution >= 0.6 is 0 Å². The molecule has 1 atom stereocenters. The first-order chi connectivity index (χ1) is 9.42. The second-order valence-corrected chi connectivity index (χ2v) is 4.51. The number of para-hydroxylation sites is 1. The minimum Gasteiger partial charge on any atom is -0.475 e. The highest BCUT2D eigenvalue weighted by Gasteiger charge is 2.19. The standard InChI is InChI=1S/C16H16N2O/c1-3-7-13(8-4-1)16-18-15(12-19-16)11-17-14-9-5-2-6-10-14/h1-10,15,17H,11-12H2/t15-/m1/s1. The van der Waals surface area contributed by atoms with Gasteiger partial charge in [-0.2, -0.15) is 0 Å². The van der Waals surface area contributed by atoms with Gasteiger partial charge in [-0.15, -0.1) is 0 Å². The number of benzene rings is 2. The Kier molecular flexibility index (Phi) is 3.45. The molecule has 0 bridgehead atoms. The summed E-state index contributed by atoms with van der Waals surface area (Å²) in [6, 6.07) is 20.4. The maximum atomic E-state index is 5.65. The van der Waals surface area contributed by atoms with Crippen LogP contribution in [0.4, 0.5) is 5.69 Å². The van der Waals surface area contributed by atoms with Crippen molar-refractivity contribution in [2.45, 2.75) is 6.04 Å². The number of nitrogens with zero attached hydrogens (tertiary/aromatic N) is 1. The molecular formula is C16H16N2O. The van der Waals surface area contributed by atoms with E-state index in [9.17, 15) is 0 Å². The minimum atomic E-state index is 0.176. The van der Waals surface area contributed by atoms with Gasteiger partial charge in [0, 0.05) is 17.8 Å². The van der Waals surface area contributed by atoms with Gasteiger partial charge in [-0.1, -0.05) is 36.4 Å². The first-order valence-corrected chi connectivity index (χ1v) is 6.47. The van der Waals surface area contributed by atoms with Crippen LogP contribution in [0.1, 0.15) is 5.56 Å². The van der Waals surface area contributed by atoms with Crippen molar-refractivity contribution in [2.24, 2.45) is 4.99 Å². The van der Waals surface area contributed by atoms with Gasteiger partial charge < -0.3 is 10.1 Å². The van der Waals surface area contributed by atoms with Crippen LogP contribution in [-0.2, 0) is 4.74 Å². The van der Waals surface area contributed by atoms with E-state index in [1.165, 1.54) is 0 Å². The van der Waals surface area contributed by atoms with Crippen LogP contribution in [0.2, 0.25) is 0 Å². The van der Waals surface area contributed by atoms with Gasteiger partial charge in [0.05, 0.1) is 0 Å². The molecule has 96 valence electrons. The summed E-state index contributed by atoms with van der Waals surface area (Å²) in [6.45, 7) is 1.43. The quantitative estimate of drug-likeness (QED) is 0.907. The molecule has 0 saturated carbocycles. The smallest absolute Gasteiger partial charge is 0.216 e. The minimum absolute atomic E-state index is 0.176. The van der Waals surface area contributed by atoms with Gasteiger partial charge in [-0.05, 0) is 24.3 Å². The normalized spacial score (nSPS) is 17.7. The largest absolute Gasteiger partial charge is 0.475 e. The van der Waals surface area contributed by atoms with E-state index >= 15 is 0 Å². The molecule has 1 aliphatic rings. The predicted molar refractivity (Wildman–Crippen MR) is 77.7 cm³/mol. The monoisotopic (exact) mass is 252 g/mol. The Labute approximate surface area is 113 Å². The molecule has 0 radical (unpaired) electrons. The third-order valence-electron chi connectivity index (χ3n) is 3.05. The van der Waals surface area contributed by atoms with Gasteiger partial charge >= 0.3 is 0 Å². The van der Waals surface area contributed by atoms with E-state index in [1.807, 2.05) is 48.5 Å². The number of hydrogen-bond donors (Lipinski definition) is 1. The summed E-state index contributed by atoms with van der Waals surface area (Å²) in [7, 11) is 0. The molecule has 1 N–H and O–H groups in total. The zero-order chi connectivity index (χ0) is 12.9. The molecule has 1 aliphatic heterocycles. The Morgan fingerprint density at radius 2 is 1.68 bits per heavy atom. The lowest BCUT2D eigenvalue weighted by atomic mass is 10.2. The average molecular weight is 252 g/mol.